The number of anilines is 1. The Hall–Kier alpha value is -3.49. The molecule has 4 aromatic rings. The van der Waals surface area contributed by atoms with Crippen molar-refractivity contribution in [2.75, 3.05) is 5.32 Å². The number of fused-ring (bicyclic) bond motifs is 2. The quantitative estimate of drug-likeness (QED) is 0.521. The second kappa shape index (κ2) is 5.30. The van der Waals surface area contributed by atoms with E-state index in [1.807, 2.05) is 13.1 Å². The van der Waals surface area contributed by atoms with Gasteiger partial charge in [0.25, 0.3) is 0 Å². The van der Waals surface area contributed by atoms with E-state index in [4.69, 9.17) is 5.11 Å². The van der Waals surface area contributed by atoms with Crippen LogP contribution in [0.15, 0.2) is 30.9 Å². The number of pyridine rings is 1. The number of H-pyrrole nitrogens is 1. The van der Waals surface area contributed by atoms with Gasteiger partial charge in [-0.3, -0.25) is 4.68 Å². The van der Waals surface area contributed by atoms with E-state index in [2.05, 4.69) is 30.4 Å². The zero-order chi connectivity index (χ0) is 16.7. The Morgan fingerprint density at radius 2 is 2.17 bits per heavy atom. The highest BCUT2D eigenvalue weighted by molar-refractivity contribution is 5.96. The maximum Gasteiger partial charge on any atom is 0.352 e. The minimum absolute atomic E-state index is 0.0759. The molecule has 0 bridgehead atoms. The van der Waals surface area contributed by atoms with E-state index in [0.717, 1.165) is 16.6 Å². The lowest BCUT2D eigenvalue weighted by molar-refractivity contribution is 0.0691. The van der Waals surface area contributed by atoms with Crippen molar-refractivity contribution in [2.24, 2.45) is 7.05 Å². The maximum absolute atomic E-state index is 11.1. The molecule has 0 aromatic carbocycles. The van der Waals surface area contributed by atoms with E-state index in [-0.39, 0.29) is 5.69 Å². The number of nitrogens with zero attached hydrogens (tertiary/aromatic N) is 5. The van der Waals surface area contributed by atoms with E-state index in [1.165, 1.54) is 12.4 Å². The minimum atomic E-state index is -1.04. The Bertz CT molecular complexity index is 1070. The van der Waals surface area contributed by atoms with Crippen molar-refractivity contribution in [2.45, 2.75) is 6.54 Å². The third-order valence-electron chi connectivity index (χ3n) is 3.74. The standard InChI is InChI=1S/C15H13N7O2/c1-22-14-9(6-20-22)2-8(5-17-14)4-16-12-10-3-11(15(23)24)21-13(10)19-7-18-12/h2-3,5-7H,4H2,1H3,(H,23,24)(H2,16,18,19,21). The SMILES string of the molecule is Cn1ncc2cc(CNc3ncnc4[nH]c(C(=O)O)cc34)cnc21. The summed E-state index contributed by atoms with van der Waals surface area (Å²) in [5.74, 6) is -0.472. The van der Waals surface area contributed by atoms with Crippen LogP contribution in [0.3, 0.4) is 0 Å². The predicted octanol–water partition coefficient (Wildman–Crippen LogP) is 1.55. The molecule has 0 atom stereocenters. The molecule has 0 saturated heterocycles. The Morgan fingerprint density at radius 3 is 3.00 bits per heavy atom. The highest BCUT2D eigenvalue weighted by atomic mass is 16.4. The van der Waals surface area contributed by atoms with Gasteiger partial charge in [-0.25, -0.2) is 19.7 Å². The van der Waals surface area contributed by atoms with Gasteiger partial charge in [0.15, 0.2) is 5.65 Å². The van der Waals surface area contributed by atoms with Crippen LogP contribution in [0.4, 0.5) is 5.82 Å². The molecule has 0 radical (unpaired) electrons. The second-order valence-corrected chi connectivity index (χ2v) is 5.35. The third-order valence-corrected chi connectivity index (χ3v) is 3.74. The van der Waals surface area contributed by atoms with Crippen LogP contribution >= 0.6 is 0 Å². The topological polar surface area (TPSA) is 122 Å². The lowest BCUT2D eigenvalue weighted by Gasteiger charge is -2.06. The van der Waals surface area contributed by atoms with E-state index in [0.29, 0.717) is 23.4 Å². The maximum atomic E-state index is 11.1. The molecule has 0 spiro atoms. The summed E-state index contributed by atoms with van der Waals surface area (Å²) in [5, 5.41) is 18.0. The molecule has 120 valence electrons. The number of aromatic amines is 1. The molecule has 9 nitrogen and oxygen atoms in total. The van der Waals surface area contributed by atoms with Crippen molar-refractivity contribution >= 4 is 33.9 Å². The first-order chi connectivity index (χ1) is 11.6. The first-order valence-electron chi connectivity index (χ1n) is 7.19. The van der Waals surface area contributed by atoms with Crippen LogP contribution in [0, 0.1) is 0 Å². The number of rotatable bonds is 4. The average molecular weight is 323 g/mol. The summed E-state index contributed by atoms with van der Waals surface area (Å²) in [6.07, 6.45) is 4.92. The first-order valence-corrected chi connectivity index (χ1v) is 7.19. The summed E-state index contributed by atoms with van der Waals surface area (Å²) in [4.78, 5) is 26.4. The van der Waals surface area contributed by atoms with Gasteiger partial charge in [0.2, 0.25) is 0 Å². The minimum Gasteiger partial charge on any atom is -0.477 e. The van der Waals surface area contributed by atoms with Gasteiger partial charge >= 0.3 is 5.97 Å². The van der Waals surface area contributed by atoms with Gasteiger partial charge in [0.1, 0.15) is 23.5 Å². The van der Waals surface area contributed by atoms with Gasteiger partial charge in [0, 0.05) is 25.2 Å². The predicted molar refractivity (Wildman–Crippen MR) is 86.7 cm³/mol. The van der Waals surface area contributed by atoms with Crippen LogP contribution in [-0.4, -0.2) is 40.8 Å². The highest BCUT2D eigenvalue weighted by Crippen LogP contribution is 2.21. The number of aromatic nitrogens is 6. The molecule has 4 aromatic heterocycles. The van der Waals surface area contributed by atoms with Gasteiger partial charge in [-0.05, 0) is 17.7 Å². The molecular weight excluding hydrogens is 310 g/mol. The van der Waals surface area contributed by atoms with Crippen molar-refractivity contribution < 1.29 is 9.90 Å². The lowest BCUT2D eigenvalue weighted by Crippen LogP contribution is -2.03. The number of carbonyl (C=O) groups is 1. The normalized spacial score (nSPS) is 11.2. The summed E-state index contributed by atoms with van der Waals surface area (Å²) in [6, 6.07) is 3.52. The van der Waals surface area contributed by atoms with E-state index < -0.39 is 5.97 Å². The monoisotopic (exact) mass is 323 g/mol. The zero-order valence-corrected chi connectivity index (χ0v) is 12.7. The van der Waals surface area contributed by atoms with Gasteiger partial charge in [-0.15, -0.1) is 0 Å². The molecule has 0 aliphatic heterocycles. The lowest BCUT2D eigenvalue weighted by atomic mass is 10.2. The summed E-state index contributed by atoms with van der Waals surface area (Å²) < 4.78 is 1.72. The molecule has 0 saturated carbocycles. The molecule has 0 amide bonds. The van der Waals surface area contributed by atoms with E-state index in [9.17, 15) is 4.79 Å². The Morgan fingerprint density at radius 1 is 1.29 bits per heavy atom. The van der Waals surface area contributed by atoms with Crippen molar-refractivity contribution in [1.82, 2.24) is 29.7 Å². The number of hydrogen-bond donors (Lipinski definition) is 3. The van der Waals surface area contributed by atoms with Gasteiger partial charge < -0.3 is 15.4 Å². The number of carboxylic acids is 1. The van der Waals surface area contributed by atoms with Crippen LogP contribution in [0.25, 0.3) is 22.1 Å². The van der Waals surface area contributed by atoms with Crippen molar-refractivity contribution in [1.29, 1.82) is 0 Å². The largest absolute Gasteiger partial charge is 0.477 e. The molecule has 0 fully saturated rings. The van der Waals surface area contributed by atoms with Crippen LogP contribution < -0.4 is 5.32 Å². The number of hydrogen-bond acceptors (Lipinski definition) is 6. The zero-order valence-electron chi connectivity index (χ0n) is 12.7. The van der Waals surface area contributed by atoms with Crippen molar-refractivity contribution in [3.63, 3.8) is 0 Å². The second-order valence-electron chi connectivity index (χ2n) is 5.35. The Labute approximate surface area is 135 Å². The summed E-state index contributed by atoms with van der Waals surface area (Å²) in [7, 11) is 1.84. The first kappa shape index (κ1) is 14.1. The molecule has 3 N–H and O–H groups in total. The summed E-state index contributed by atoms with van der Waals surface area (Å²) in [5.41, 5.74) is 2.34. The highest BCUT2D eigenvalue weighted by Gasteiger charge is 2.12. The molecule has 4 heterocycles. The fourth-order valence-electron chi connectivity index (χ4n) is 2.57. The average Bonchev–Trinajstić information content (AvgIpc) is 3.17. The fourth-order valence-corrected chi connectivity index (χ4v) is 2.57. The number of nitrogens with one attached hydrogen (secondary N) is 2. The van der Waals surface area contributed by atoms with Crippen molar-refractivity contribution in [3.8, 4) is 0 Å². The molecule has 24 heavy (non-hydrogen) atoms. The Balaban J connectivity index is 1.62. The molecule has 0 unspecified atom stereocenters. The van der Waals surface area contributed by atoms with E-state index >= 15 is 0 Å². The fraction of sp³-hybridized carbons (Fsp3) is 0.133. The van der Waals surface area contributed by atoms with Gasteiger partial charge in [0.05, 0.1) is 11.6 Å². The summed E-state index contributed by atoms with van der Waals surface area (Å²) >= 11 is 0. The smallest absolute Gasteiger partial charge is 0.352 e. The summed E-state index contributed by atoms with van der Waals surface area (Å²) in [6.45, 7) is 0.498. The third kappa shape index (κ3) is 2.32. The molecule has 4 rings (SSSR count). The van der Waals surface area contributed by atoms with Gasteiger partial charge in [-0.1, -0.05) is 0 Å². The molecule has 0 aliphatic carbocycles. The Kier molecular flexibility index (Phi) is 3.12. The van der Waals surface area contributed by atoms with Gasteiger partial charge in [-0.2, -0.15) is 5.10 Å². The van der Waals surface area contributed by atoms with Crippen LogP contribution in [0.5, 0.6) is 0 Å². The van der Waals surface area contributed by atoms with Crippen LogP contribution in [0.2, 0.25) is 0 Å². The van der Waals surface area contributed by atoms with Crippen LogP contribution in [-0.2, 0) is 13.6 Å². The van der Waals surface area contributed by atoms with Crippen molar-refractivity contribution in [3.05, 3.63) is 42.1 Å². The van der Waals surface area contributed by atoms with E-state index in [1.54, 1.807) is 17.1 Å². The molecular formula is C15H13N7O2. The number of carboxylic acid groups (broad SMARTS) is 1. The van der Waals surface area contributed by atoms with Crippen LogP contribution in [0.1, 0.15) is 16.1 Å². The molecule has 0 aliphatic rings. The molecule has 9 heteroatoms. The number of aryl methyl sites for hydroxylation is 1. The number of aromatic carboxylic acids is 1.